The van der Waals surface area contributed by atoms with Crippen molar-refractivity contribution in [3.05, 3.63) is 75.4 Å². The Kier molecular flexibility index (Phi) is 6.69. The van der Waals surface area contributed by atoms with Crippen LogP contribution in [-0.2, 0) is 16.0 Å². The first-order valence-corrected chi connectivity index (χ1v) is 9.88. The Balaban J connectivity index is 1.96. The second-order valence-corrected chi connectivity index (χ2v) is 7.43. The third-order valence-electron chi connectivity index (χ3n) is 4.98. The van der Waals surface area contributed by atoms with Crippen LogP contribution >= 0.6 is 11.6 Å². The normalized spacial score (nSPS) is 12.5. The zero-order valence-corrected chi connectivity index (χ0v) is 18.0. The molecule has 8 heteroatoms. The van der Waals surface area contributed by atoms with Crippen LogP contribution in [0.3, 0.4) is 0 Å². The van der Waals surface area contributed by atoms with Crippen molar-refractivity contribution < 1.29 is 13.9 Å². The Morgan fingerprint density at radius 2 is 2.00 bits per heavy atom. The van der Waals surface area contributed by atoms with Crippen molar-refractivity contribution in [3.8, 4) is 17.5 Å². The maximum atomic E-state index is 11.6. The zero-order chi connectivity index (χ0) is 22.5. The molecule has 0 aliphatic heterocycles. The van der Waals surface area contributed by atoms with Gasteiger partial charge in [-0.15, -0.1) is 10.2 Å². The molecule has 0 unspecified atom stereocenters. The number of nitriles is 1. The Bertz CT molecular complexity index is 1190. The largest absolute Gasteiger partial charge is 0.462 e. The van der Waals surface area contributed by atoms with Crippen LogP contribution in [0.1, 0.15) is 42.3 Å². The predicted octanol–water partition coefficient (Wildman–Crippen LogP) is 5.40. The van der Waals surface area contributed by atoms with Gasteiger partial charge in [0.15, 0.2) is 0 Å². The van der Waals surface area contributed by atoms with Gasteiger partial charge in [-0.1, -0.05) is 23.7 Å². The summed E-state index contributed by atoms with van der Waals surface area (Å²) in [5, 5.41) is 17.7. The smallest absolute Gasteiger partial charge is 0.302 e. The van der Waals surface area contributed by atoms with E-state index in [9.17, 15) is 4.79 Å². The summed E-state index contributed by atoms with van der Waals surface area (Å²) in [5.74, 6) is -0.213. The second kappa shape index (κ2) is 9.42. The summed E-state index contributed by atoms with van der Waals surface area (Å²) in [6, 6.07) is 12.4. The average Bonchev–Trinajstić information content (AvgIpc) is 3.24. The molecule has 0 aliphatic carbocycles. The highest BCUT2D eigenvalue weighted by Gasteiger charge is 2.29. The molecule has 0 saturated heterocycles. The summed E-state index contributed by atoms with van der Waals surface area (Å²) < 4.78 is 11.3. The van der Waals surface area contributed by atoms with Gasteiger partial charge in [0.2, 0.25) is 17.5 Å². The van der Waals surface area contributed by atoms with E-state index in [-0.39, 0.29) is 0 Å². The summed E-state index contributed by atoms with van der Waals surface area (Å²) in [4.78, 5) is 15.0. The Hall–Kier alpha value is -3.68. The molecule has 1 aromatic heterocycles. The van der Waals surface area contributed by atoms with Crippen LogP contribution in [0, 0.1) is 24.8 Å². The lowest BCUT2D eigenvalue weighted by molar-refractivity contribution is -0.146. The quantitative estimate of drug-likeness (QED) is 0.381. The molecule has 0 spiro atoms. The molecule has 0 saturated carbocycles. The molecule has 3 aromatic rings. The third kappa shape index (κ3) is 4.91. The van der Waals surface area contributed by atoms with E-state index in [4.69, 9.17) is 32.6 Å². The van der Waals surface area contributed by atoms with Crippen molar-refractivity contribution in [2.24, 2.45) is 0 Å². The molecule has 0 aliphatic rings. The van der Waals surface area contributed by atoms with Gasteiger partial charge in [-0.25, -0.2) is 4.85 Å². The molecule has 31 heavy (non-hydrogen) atoms. The topological polar surface area (TPSA) is 93.4 Å². The SMILES string of the molecule is [C-]#[N+]c1ccc(C[C@@H](c2nnc(-c3ccc(C#N)cc3)o2)[C@H](C)OC(C)=O)c(C)c1Cl. The third-order valence-corrected chi connectivity index (χ3v) is 5.45. The first-order valence-electron chi connectivity index (χ1n) is 9.50. The Labute approximate surface area is 185 Å². The summed E-state index contributed by atoms with van der Waals surface area (Å²) in [6.07, 6.45) is -0.113. The number of ether oxygens (including phenoxy) is 1. The van der Waals surface area contributed by atoms with E-state index < -0.39 is 18.0 Å². The van der Waals surface area contributed by atoms with E-state index in [1.165, 1.54) is 6.92 Å². The lowest BCUT2D eigenvalue weighted by Crippen LogP contribution is -2.24. The van der Waals surface area contributed by atoms with E-state index in [0.717, 1.165) is 11.1 Å². The first kappa shape index (κ1) is 22.0. The molecule has 0 amide bonds. The molecule has 0 radical (unpaired) electrons. The van der Waals surface area contributed by atoms with Gasteiger partial charge < -0.3 is 9.15 Å². The number of hydrogen-bond donors (Lipinski definition) is 0. The predicted molar refractivity (Wildman–Crippen MR) is 115 cm³/mol. The highest BCUT2D eigenvalue weighted by atomic mass is 35.5. The average molecular weight is 435 g/mol. The Morgan fingerprint density at radius 3 is 2.61 bits per heavy atom. The minimum atomic E-state index is -0.537. The minimum absolute atomic E-state index is 0.303. The summed E-state index contributed by atoms with van der Waals surface area (Å²) in [5.41, 5.74) is 3.26. The van der Waals surface area contributed by atoms with Crippen molar-refractivity contribution in [2.45, 2.75) is 39.2 Å². The number of carbonyl (C=O) groups excluding carboxylic acids is 1. The summed E-state index contributed by atoms with van der Waals surface area (Å²) in [7, 11) is 0. The maximum absolute atomic E-state index is 11.6. The van der Waals surface area contributed by atoms with Crippen LogP contribution in [0.15, 0.2) is 40.8 Å². The van der Waals surface area contributed by atoms with Crippen LogP contribution in [0.4, 0.5) is 5.69 Å². The number of aromatic nitrogens is 2. The lowest BCUT2D eigenvalue weighted by Gasteiger charge is -2.22. The monoisotopic (exact) mass is 434 g/mol. The van der Waals surface area contributed by atoms with Gasteiger partial charge >= 0.3 is 5.97 Å². The van der Waals surface area contributed by atoms with Crippen LogP contribution in [0.2, 0.25) is 5.02 Å². The van der Waals surface area contributed by atoms with Gasteiger partial charge in [-0.3, -0.25) is 4.79 Å². The minimum Gasteiger partial charge on any atom is -0.462 e. The lowest BCUT2D eigenvalue weighted by atomic mass is 9.92. The molecule has 0 fully saturated rings. The number of carbonyl (C=O) groups is 1. The van der Waals surface area contributed by atoms with Crippen molar-refractivity contribution in [2.75, 3.05) is 0 Å². The second-order valence-electron chi connectivity index (χ2n) is 7.05. The molecule has 0 N–H and O–H groups in total. The number of rotatable bonds is 6. The van der Waals surface area contributed by atoms with Crippen molar-refractivity contribution >= 4 is 23.3 Å². The van der Waals surface area contributed by atoms with Crippen LogP contribution in [-0.4, -0.2) is 22.3 Å². The van der Waals surface area contributed by atoms with Gasteiger partial charge in [0.05, 0.1) is 29.1 Å². The summed E-state index contributed by atoms with van der Waals surface area (Å²) in [6.45, 7) is 12.2. The molecular formula is C23H19ClN4O3. The molecule has 7 nitrogen and oxygen atoms in total. The van der Waals surface area contributed by atoms with Crippen LogP contribution in [0.25, 0.3) is 16.3 Å². The highest BCUT2D eigenvalue weighted by Crippen LogP contribution is 2.34. The van der Waals surface area contributed by atoms with E-state index >= 15 is 0 Å². The van der Waals surface area contributed by atoms with E-state index in [0.29, 0.717) is 40.0 Å². The van der Waals surface area contributed by atoms with Crippen molar-refractivity contribution in [1.29, 1.82) is 5.26 Å². The number of halogens is 1. The molecule has 156 valence electrons. The molecule has 2 aromatic carbocycles. The van der Waals surface area contributed by atoms with E-state index in [1.807, 2.05) is 13.0 Å². The number of nitrogens with zero attached hydrogens (tertiary/aromatic N) is 4. The van der Waals surface area contributed by atoms with Gasteiger partial charge in [-0.2, -0.15) is 5.26 Å². The molecular weight excluding hydrogens is 416 g/mol. The standard InChI is InChI=1S/C23H19ClN4O3/c1-13-18(9-10-20(26-4)21(13)24)11-19(14(2)30-15(3)29)23-28-27-22(31-23)17-7-5-16(12-25)6-8-17/h5-10,14,19H,11H2,1-3H3/t14-,19+/m0/s1. The van der Waals surface area contributed by atoms with Crippen molar-refractivity contribution in [3.63, 3.8) is 0 Å². The zero-order valence-electron chi connectivity index (χ0n) is 17.2. The fourth-order valence-corrected chi connectivity index (χ4v) is 3.47. The van der Waals surface area contributed by atoms with Gasteiger partial charge in [0, 0.05) is 12.5 Å². The Morgan fingerprint density at radius 1 is 1.29 bits per heavy atom. The van der Waals surface area contributed by atoms with Crippen LogP contribution in [0.5, 0.6) is 0 Å². The van der Waals surface area contributed by atoms with E-state index in [2.05, 4.69) is 21.1 Å². The fourth-order valence-electron chi connectivity index (χ4n) is 3.24. The number of hydrogen-bond acceptors (Lipinski definition) is 6. The van der Waals surface area contributed by atoms with Gasteiger partial charge in [0.25, 0.3) is 0 Å². The number of esters is 1. The maximum Gasteiger partial charge on any atom is 0.302 e. The van der Waals surface area contributed by atoms with Gasteiger partial charge in [0.1, 0.15) is 6.10 Å². The van der Waals surface area contributed by atoms with Crippen molar-refractivity contribution in [1.82, 2.24) is 10.2 Å². The first-order chi connectivity index (χ1) is 14.8. The molecule has 2 atom stereocenters. The fraction of sp³-hybridized carbons (Fsp3) is 0.261. The van der Waals surface area contributed by atoms with Crippen LogP contribution < -0.4 is 0 Å². The number of benzene rings is 2. The molecule has 1 heterocycles. The summed E-state index contributed by atoms with van der Waals surface area (Å²) >= 11 is 6.33. The highest BCUT2D eigenvalue weighted by molar-refractivity contribution is 6.34. The van der Waals surface area contributed by atoms with Gasteiger partial charge in [-0.05, 0) is 55.7 Å². The van der Waals surface area contributed by atoms with E-state index in [1.54, 1.807) is 37.3 Å². The molecule has 0 bridgehead atoms. The molecule has 3 rings (SSSR count).